The van der Waals surface area contributed by atoms with Gasteiger partial charge in [-0.25, -0.2) is 0 Å². The second-order valence-electron chi connectivity index (χ2n) is 5.19. The lowest BCUT2D eigenvalue weighted by Crippen LogP contribution is -2.35. The predicted octanol–water partition coefficient (Wildman–Crippen LogP) is 3.92. The molecule has 1 rings (SSSR count). The molecule has 0 atom stereocenters. The molecule has 100 valence electrons. The Hall–Kier alpha value is -0.350. The number of carbonyl (C=O) groups is 1. The third-order valence-electron chi connectivity index (χ3n) is 2.79. The van der Waals surface area contributed by atoms with Gasteiger partial charge in [-0.2, -0.15) is 0 Å². The zero-order valence-corrected chi connectivity index (χ0v) is 14.0. The fourth-order valence-corrected chi connectivity index (χ4v) is 3.10. The van der Waals surface area contributed by atoms with E-state index in [2.05, 4.69) is 51.0 Å². The van der Waals surface area contributed by atoms with Gasteiger partial charge in [-0.05, 0) is 29.5 Å². The SMILES string of the molecule is CC(C)(CCBr)CNC(=O)Cc1cccc(Br)c1. The van der Waals surface area contributed by atoms with Crippen LogP contribution < -0.4 is 5.32 Å². The van der Waals surface area contributed by atoms with Crippen molar-refractivity contribution >= 4 is 37.8 Å². The lowest BCUT2D eigenvalue weighted by molar-refractivity contribution is -0.120. The van der Waals surface area contributed by atoms with Crippen molar-refractivity contribution in [2.75, 3.05) is 11.9 Å². The van der Waals surface area contributed by atoms with Crippen LogP contribution in [0.4, 0.5) is 0 Å². The lowest BCUT2D eigenvalue weighted by atomic mass is 9.90. The van der Waals surface area contributed by atoms with Crippen molar-refractivity contribution in [3.63, 3.8) is 0 Å². The summed E-state index contributed by atoms with van der Waals surface area (Å²) in [6, 6.07) is 7.85. The predicted molar refractivity (Wildman–Crippen MR) is 83.0 cm³/mol. The van der Waals surface area contributed by atoms with Gasteiger partial charge in [-0.3, -0.25) is 4.79 Å². The Morgan fingerprint density at radius 1 is 1.39 bits per heavy atom. The summed E-state index contributed by atoms with van der Waals surface area (Å²) in [7, 11) is 0. The molecule has 0 spiro atoms. The molecule has 0 saturated heterocycles. The average molecular weight is 377 g/mol. The summed E-state index contributed by atoms with van der Waals surface area (Å²) in [5.41, 5.74) is 1.16. The number of amides is 1. The molecule has 0 saturated carbocycles. The zero-order valence-electron chi connectivity index (χ0n) is 10.8. The van der Waals surface area contributed by atoms with Gasteiger partial charge in [0.2, 0.25) is 5.91 Å². The molecule has 0 aliphatic carbocycles. The maximum absolute atomic E-state index is 11.8. The van der Waals surface area contributed by atoms with E-state index >= 15 is 0 Å². The minimum absolute atomic E-state index is 0.0794. The van der Waals surface area contributed by atoms with Gasteiger partial charge in [-0.15, -0.1) is 0 Å². The third kappa shape index (κ3) is 6.01. The van der Waals surface area contributed by atoms with E-state index in [0.717, 1.165) is 21.8 Å². The van der Waals surface area contributed by atoms with E-state index in [0.29, 0.717) is 13.0 Å². The van der Waals surface area contributed by atoms with Gasteiger partial charge >= 0.3 is 0 Å². The van der Waals surface area contributed by atoms with Gasteiger partial charge in [0.05, 0.1) is 6.42 Å². The zero-order chi connectivity index (χ0) is 13.6. The molecule has 0 fully saturated rings. The van der Waals surface area contributed by atoms with Crippen LogP contribution in [-0.2, 0) is 11.2 Å². The Kier molecular flexibility index (Phi) is 6.36. The monoisotopic (exact) mass is 375 g/mol. The molecule has 1 aromatic carbocycles. The van der Waals surface area contributed by atoms with Gasteiger partial charge in [0.25, 0.3) is 0 Å². The van der Waals surface area contributed by atoms with E-state index in [1.54, 1.807) is 0 Å². The maximum atomic E-state index is 11.8. The molecule has 0 bridgehead atoms. The van der Waals surface area contributed by atoms with Crippen molar-refractivity contribution in [3.8, 4) is 0 Å². The van der Waals surface area contributed by atoms with E-state index in [1.165, 1.54) is 0 Å². The molecule has 0 radical (unpaired) electrons. The number of nitrogens with one attached hydrogen (secondary N) is 1. The molecule has 1 aromatic rings. The first-order valence-corrected chi connectivity index (χ1v) is 7.91. The van der Waals surface area contributed by atoms with Gasteiger partial charge in [0, 0.05) is 16.3 Å². The summed E-state index contributed by atoms with van der Waals surface area (Å²) in [5, 5.41) is 3.96. The Morgan fingerprint density at radius 3 is 2.72 bits per heavy atom. The lowest BCUT2D eigenvalue weighted by Gasteiger charge is -2.23. The molecule has 0 heterocycles. The van der Waals surface area contributed by atoms with Gasteiger partial charge in [-0.1, -0.05) is 57.8 Å². The second kappa shape index (κ2) is 7.29. The molecule has 1 N–H and O–H groups in total. The highest BCUT2D eigenvalue weighted by Gasteiger charge is 2.17. The van der Waals surface area contributed by atoms with Crippen LogP contribution in [0.1, 0.15) is 25.8 Å². The summed E-state index contributed by atoms with van der Waals surface area (Å²) in [5.74, 6) is 0.0794. The van der Waals surface area contributed by atoms with Crippen LogP contribution in [0.3, 0.4) is 0 Å². The van der Waals surface area contributed by atoms with Gasteiger partial charge in [0.1, 0.15) is 0 Å². The first-order chi connectivity index (χ1) is 8.43. The van der Waals surface area contributed by atoms with E-state index < -0.39 is 0 Å². The van der Waals surface area contributed by atoms with Crippen LogP contribution in [0.5, 0.6) is 0 Å². The van der Waals surface area contributed by atoms with Gasteiger partial charge < -0.3 is 5.32 Å². The van der Waals surface area contributed by atoms with Crippen molar-refractivity contribution in [1.29, 1.82) is 0 Å². The van der Waals surface area contributed by atoms with E-state index in [1.807, 2.05) is 24.3 Å². The summed E-state index contributed by atoms with van der Waals surface area (Å²) in [4.78, 5) is 11.8. The number of halogens is 2. The molecule has 2 nitrogen and oxygen atoms in total. The number of carbonyl (C=O) groups excluding carboxylic acids is 1. The highest BCUT2D eigenvalue weighted by Crippen LogP contribution is 2.20. The first kappa shape index (κ1) is 15.7. The van der Waals surface area contributed by atoms with Crippen LogP contribution in [0.2, 0.25) is 0 Å². The minimum atomic E-state index is 0.0794. The fraction of sp³-hybridized carbons (Fsp3) is 0.500. The van der Waals surface area contributed by atoms with Crippen molar-refractivity contribution in [2.24, 2.45) is 5.41 Å². The number of benzene rings is 1. The third-order valence-corrected chi connectivity index (χ3v) is 3.68. The topological polar surface area (TPSA) is 29.1 Å². The first-order valence-electron chi connectivity index (χ1n) is 6.00. The van der Waals surface area contributed by atoms with Crippen LogP contribution in [0.15, 0.2) is 28.7 Å². The summed E-state index contributed by atoms with van der Waals surface area (Å²) < 4.78 is 1.01. The molecule has 0 aliphatic heterocycles. The minimum Gasteiger partial charge on any atom is -0.355 e. The Bertz CT molecular complexity index is 405. The standard InChI is InChI=1S/C14H19Br2NO/c1-14(2,6-7-15)10-17-13(18)9-11-4-3-5-12(16)8-11/h3-5,8H,6-7,9-10H2,1-2H3,(H,17,18). The number of hydrogen-bond acceptors (Lipinski definition) is 1. The van der Waals surface area contributed by atoms with Crippen molar-refractivity contribution in [1.82, 2.24) is 5.32 Å². The fourth-order valence-electron chi connectivity index (χ4n) is 1.58. The number of hydrogen-bond donors (Lipinski definition) is 1. The molecule has 0 unspecified atom stereocenters. The van der Waals surface area contributed by atoms with Crippen LogP contribution in [0, 0.1) is 5.41 Å². The summed E-state index contributed by atoms with van der Waals surface area (Å²) >= 11 is 6.84. The van der Waals surface area contributed by atoms with Crippen molar-refractivity contribution in [3.05, 3.63) is 34.3 Å². The smallest absolute Gasteiger partial charge is 0.224 e. The molecule has 0 aliphatic rings. The van der Waals surface area contributed by atoms with Crippen LogP contribution in [-0.4, -0.2) is 17.8 Å². The highest BCUT2D eigenvalue weighted by molar-refractivity contribution is 9.10. The van der Waals surface area contributed by atoms with Gasteiger partial charge in [0.15, 0.2) is 0 Å². The maximum Gasteiger partial charge on any atom is 0.224 e. The largest absolute Gasteiger partial charge is 0.355 e. The Balaban J connectivity index is 2.43. The molecular weight excluding hydrogens is 358 g/mol. The quantitative estimate of drug-likeness (QED) is 0.749. The van der Waals surface area contributed by atoms with Crippen molar-refractivity contribution < 1.29 is 4.79 Å². The van der Waals surface area contributed by atoms with Crippen molar-refractivity contribution in [2.45, 2.75) is 26.7 Å². The van der Waals surface area contributed by atoms with Crippen LogP contribution in [0.25, 0.3) is 0 Å². The summed E-state index contributed by atoms with van der Waals surface area (Å²) in [6.45, 7) is 5.03. The van der Waals surface area contributed by atoms with E-state index in [-0.39, 0.29) is 11.3 Å². The average Bonchev–Trinajstić information content (AvgIpc) is 2.26. The molecule has 18 heavy (non-hydrogen) atoms. The Labute approximate surface area is 126 Å². The Morgan fingerprint density at radius 2 is 2.11 bits per heavy atom. The van der Waals surface area contributed by atoms with E-state index in [4.69, 9.17) is 0 Å². The molecule has 4 heteroatoms. The summed E-state index contributed by atoms with van der Waals surface area (Å²) in [6.07, 6.45) is 1.48. The number of rotatable bonds is 6. The van der Waals surface area contributed by atoms with E-state index in [9.17, 15) is 4.79 Å². The molecule has 1 amide bonds. The normalized spacial score (nSPS) is 11.3. The molecular formula is C14H19Br2NO. The van der Waals surface area contributed by atoms with Crippen LogP contribution >= 0.6 is 31.9 Å². The highest BCUT2D eigenvalue weighted by atomic mass is 79.9. The number of alkyl halides is 1. The second-order valence-corrected chi connectivity index (χ2v) is 6.90. The molecule has 0 aromatic heterocycles.